The van der Waals surface area contributed by atoms with Gasteiger partial charge in [-0.05, 0) is 41.3 Å². The van der Waals surface area contributed by atoms with Crippen molar-refractivity contribution >= 4 is 37.6 Å². The molecular formula is C27H24N3S2+. The predicted octanol–water partition coefficient (Wildman–Crippen LogP) is 7.31. The average molecular weight is 455 g/mol. The van der Waals surface area contributed by atoms with E-state index in [1.165, 1.54) is 36.7 Å². The highest BCUT2D eigenvalue weighted by Crippen LogP contribution is 2.44. The molecule has 0 unspecified atom stereocenters. The summed E-state index contributed by atoms with van der Waals surface area (Å²) >= 11 is 3.59. The van der Waals surface area contributed by atoms with Gasteiger partial charge in [0.2, 0.25) is 5.69 Å². The Hall–Kier alpha value is -3.02. The van der Waals surface area contributed by atoms with Crippen molar-refractivity contribution in [2.75, 3.05) is 0 Å². The van der Waals surface area contributed by atoms with E-state index in [9.17, 15) is 0 Å². The van der Waals surface area contributed by atoms with E-state index in [0.29, 0.717) is 0 Å². The van der Waals surface area contributed by atoms with Crippen molar-refractivity contribution in [1.82, 2.24) is 9.55 Å². The molecule has 0 saturated carbocycles. The molecule has 0 radical (unpaired) electrons. The molecule has 158 valence electrons. The number of aromatic nitrogens is 3. The molecule has 0 saturated heterocycles. The first-order chi connectivity index (χ1) is 15.6. The molecule has 4 aromatic heterocycles. The molecule has 0 amide bonds. The summed E-state index contributed by atoms with van der Waals surface area (Å²) in [5, 5.41) is 2.14. The Balaban J connectivity index is 1.46. The van der Waals surface area contributed by atoms with Crippen LogP contribution in [0, 0.1) is 0 Å². The molecule has 0 spiro atoms. The number of hydrogen-bond donors (Lipinski definition) is 0. The molecule has 0 aliphatic carbocycles. The van der Waals surface area contributed by atoms with Crippen molar-refractivity contribution in [3.63, 3.8) is 0 Å². The van der Waals surface area contributed by atoms with Crippen molar-refractivity contribution in [2.24, 2.45) is 0 Å². The molecule has 5 aromatic rings. The first-order valence-corrected chi connectivity index (χ1v) is 12.7. The molecule has 5 heterocycles. The van der Waals surface area contributed by atoms with Crippen molar-refractivity contribution in [3.8, 4) is 27.5 Å². The Kier molecular flexibility index (Phi) is 4.46. The van der Waals surface area contributed by atoms with Gasteiger partial charge in [0.25, 0.3) is 0 Å². The summed E-state index contributed by atoms with van der Waals surface area (Å²) in [6, 6.07) is 17.6. The SMILES string of the molecule is C=C1c2ccc(-n3cnc(-c4cc5sccc5s4)c3)cc2-c2cccc[n+]2C1(CC)CC. The van der Waals surface area contributed by atoms with E-state index in [0.717, 1.165) is 24.2 Å². The largest absolute Gasteiger partial charge is 0.306 e. The Morgan fingerprint density at radius 1 is 1.03 bits per heavy atom. The van der Waals surface area contributed by atoms with Crippen LogP contribution in [0.15, 0.2) is 79.2 Å². The fourth-order valence-electron chi connectivity index (χ4n) is 5.10. The highest BCUT2D eigenvalue weighted by atomic mass is 32.1. The van der Waals surface area contributed by atoms with Crippen molar-refractivity contribution in [1.29, 1.82) is 0 Å². The summed E-state index contributed by atoms with van der Waals surface area (Å²) in [6.07, 6.45) is 8.31. The van der Waals surface area contributed by atoms with Gasteiger partial charge in [0, 0.05) is 51.8 Å². The zero-order chi connectivity index (χ0) is 21.9. The van der Waals surface area contributed by atoms with E-state index in [4.69, 9.17) is 4.98 Å². The Morgan fingerprint density at radius 3 is 2.72 bits per heavy atom. The molecule has 0 atom stereocenters. The average Bonchev–Trinajstić information content (AvgIpc) is 3.56. The van der Waals surface area contributed by atoms with Crippen LogP contribution in [0.2, 0.25) is 0 Å². The number of fused-ring (bicyclic) bond motifs is 4. The number of pyridine rings is 1. The minimum atomic E-state index is -0.0701. The van der Waals surface area contributed by atoms with Crippen LogP contribution in [0.4, 0.5) is 0 Å². The number of nitrogens with zero attached hydrogens (tertiary/aromatic N) is 3. The second-order valence-corrected chi connectivity index (χ2v) is 10.4. The van der Waals surface area contributed by atoms with E-state index in [-0.39, 0.29) is 5.54 Å². The molecule has 1 aliphatic heterocycles. The lowest BCUT2D eigenvalue weighted by Crippen LogP contribution is -2.59. The Labute approximate surface area is 195 Å². The van der Waals surface area contributed by atoms with Crippen molar-refractivity contribution in [2.45, 2.75) is 32.2 Å². The van der Waals surface area contributed by atoms with Gasteiger partial charge in [-0.25, -0.2) is 4.98 Å². The zero-order valence-electron chi connectivity index (χ0n) is 18.2. The van der Waals surface area contributed by atoms with E-state index < -0.39 is 0 Å². The summed E-state index contributed by atoms with van der Waals surface area (Å²) in [5.41, 5.74) is 7.01. The Morgan fingerprint density at radius 2 is 1.91 bits per heavy atom. The molecule has 5 heteroatoms. The maximum absolute atomic E-state index is 4.71. The first-order valence-electron chi connectivity index (χ1n) is 11.0. The van der Waals surface area contributed by atoms with Gasteiger partial charge in [0.05, 0.1) is 22.5 Å². The van der Waals surface area contributed by atoms with E-state index >= 15 is 0 Å². The van der Waals surface area contributed by atoms with Gasteiger partial charge < -0.3 is 4.57 Å². The van der Waals surface area contributed by atoms with Crippen LogP contribution in [-0.4, -0.2) is 9.55 Å². The van der Waals surface area contributed by atoms with Gasteiger partial charge in [-0.15, -0.1) is 22.7 Å². The number of hydrogen-bond acceptors (Lipinski definition) is 3. The van der Waals surface area contributed by atoms with Crippen LogP contribution in [0.3, 0.4) is 0 Å². The second kappa shape index (κ2) is 7.26. The lowest BCUT2D eigenvalue weighted by atomic mass is 9.75. The van der Waals surface area contributed by atoms with E-state index in [2.05, 4.69) is 95.9 Å². The number of thiophene rings is 2. The van der Waals surface area contributed by atoms with Crippen molar-refractivity contribution in [3.05, 3.63) is 84.8 Å². The lowest BCUT2D eigenvalue weighted by molar-refractivity contribution is -0.741. The Bertz CT molecular complexity index is 1450. The maximum Gasteiger partial charge on any atom is 0.213 e. The minimum Gasteiger partial charge on any atom is -0.306 e. The molecule has 1 aliphatic rings. The molecule has 3 nitrogen and oxygen atoms in total. The zero-order valence-corrected chi connectivity index (χ0v) is 19.8. The van der Waals surface area contributed by atoms with Gasteiger partial charge >= 0.3 is 0 Å². The van der Waals surface area contributed by atoms with Crippen LogP contribution in [0.25, 0.3) is 42.5 Å². The third-order valence-electron chi connectivity index (χ3n) is 6.93. The van der Waals surface area contributed by atoms with Crippen LogP contribution in [0.1, 0.15) is 32.3 Å². The number of allylic oxidation sites excluding steroid dienone is 1. The molecular weight excluding hydrogens is 430 g/mol. The van der Waals surface area contributed by atoms with Gasteiger partial charge in [-0.2, -0.15) is 4.57 Å². The van der Waals surface area contributed by atoms with Crippen LogP contribution >= 0.6 is 22.7 Å². The fourth-order valence-corrected chi connectivity index (χ4v) is 7.17. The number of rotatable bonds is 4. The standard InChI is InChI=1S/C27H24N3S2/c1-4-27(5-2)18(3)20-10-9-19(14-21(20)23-8-6-7-12-30(23)27)29-16-22(28-17-29)25-15-26-24(32-25)11-13-31-26/h6-17H,3-5H2,1-2H3/q+1. The van der Waals surface area contributed by atoms with E-state index in [1.807, 2.05) is 6.33 Å². The van der Waals surface area contributed by atoms with Crippen LogP contribution < -0.4 is 4.57 Å². The summed E-state index contributed by atoms with van der Waals surface area (Å²) in [5.74, 6) is 0. The molecule has 0 fully saturated rings. The van der Waals surface area contributed by atoms with Crippen LogP contribution in [-0.2, 0) is 5.54 Å². The number of benzene rings is 1. The highest BCUT2D eigenvalue weighted by Gasteiger charge is 2.46. The molecule has 1 aromatic carbocycles. The smallest absolute Gasteiger partial charge is 0.213 e. The molecule has 0 bridgehead atoms. The summed E-state index contributed by atoms with van der Waals surface area (Å²) in [7, 11) is 0. The highest BCUT2D eigenvalue weighted by molar-refractivity contribution is 7.28. The lowest BCUT2D eigenvalue weighted by Gasteiger charge is -2.34. The summed E-state index contributed by atoms with van der Waals surface area (Å²) in [6.45, 7) is 9.10. The predicted molar refractivity (Wildman–Crippen MR) is 135 cm³/mol. The minimum absolute atomic E-state index is 0.0701. The van der Waals surface area contributed by atoms with Gasteiger partial charge in [0.1, 0.15) is 0 Å². The summed E-state index contributed by atoms with van der Waals surface area (Å²) < 4.78 is 7.21. The third-order valence-corrected chi connectivity index (χ3v) is 9.05. The quantitative estimate of drug-likeness (QED) is 0.261. The van der Waals surface area contributed by atoms with Gasteiger partial charge in [-0.3, -0.25) is 0 Å². The molecule has 6 rings (SSSR count). The normalized spacial score (nSPS) is 14.5. The van der Waals surface area contributed by atoms with Crippen LogP contribution in [0.5, 0.6) is 0 Å². The van der Waals surface area contributed by atoms with Gasteiger partial charge in [0.15, 0.2) is 11.7 Å². The molecule has 32 heavy (non-hydrogen) atoms. The van der Waals surface area contributed by atoms with Crippen molar-refractivity contribution < 1.29 is 4.57 Å². The summed E-state index contributed by atoms with van der Waals surface area (Å²) in [4.78, 5) is 5.93. The third kappa shape index (κ3) is 2.71. The second-order valence-electron chi connectivity index (χ2n) is 8.33. The molecule has 0 N–H and O–H groups in total. The maximum atomic E-state index is 4.71. The van der Waals surface area contributed by atoms with Gasteiger partial charge in [-0.1, -0.05) is 26.5 Å². The monoisotopic (exact) mass is 454 g/mol. The number of imidazole rings is 1. The fraction of sp³-hybridized carbons (Fsp3) is 0.185. The topological polar surface area (TPSA) is 21.7 Å². The first kappa shape index (κ1) is 19.6. The van der Waals surface area contributed by atoms with E-state index in [1.54, 1.807) is 22.7 Å².